The molecule has 0 unspecified atom stereocenters. The van der Waals surface area contributed by atoms with Crippen molar-refractivity contribution in [2.24, 2.45) is 5.92 Å². The summed E-state index contributed by atoms with van der Waals surface area (Å²) in [6.07, 6.45) is 5.24. The average molecular weight is 472 g/mol. The van der Waals surface area contributed by atoms with Crippen molar-refractivity contribution in [3.8, 4) is 11.3 Å². The molecule has 2 fully saturated rings. The Morgan fingerprint density at radius 1 is 1.15 bits per heavy atom. The predicted molar refractivity (Wildman–Crippen MR) is 131 cm³/mol. The minimum Gasteiger partial charge on any atom is -0.379 e. The first-order valence-corrected chi connectivity index (χ1v) is 12.7. The number of aromatic nitrogens is 1. The van der Waals surface area contributed by atoms with Gasteiger partial charge in [-0.25, -0.2) is 4.98 Å². The van der Waals surface area contributed by atoms with E-state index in [0.717, 1.165) is 69.8 Å². The minimum atomic E-state index is -0.174. The third kappa shape index (κ3) is 6.75. The van der Waals surface area contributed by atoms with Crippen LogP contribution in [-0.4, -0.2) is 72.5 Å². The number of rotatable bonds is 8. The standard InChI is InChI=1S/C24H33N5O3S/c25-24-27-21(17-33-24)18-6-8-20(9-7-18)26-22(30)16-29(11-10-28-12-14-32-15-13-28)23(31)19-4-2-1-3-5-19/h6-9,17,19H,1-5,10-16H2,(H2,25,27)(H,26,30). The van der Waals surface area contributed by atoms with E-state index in [2.05, 4.69) is 15.2 Å². The molecule has 0 bridgehead atoms. The van der Waals surface area contributed by atoms with Gasteiger partial charge in [0.15, 0.2) is 5.13 Å². The molecule has 33 heavy (non-hydrogen) atoms. The summed E-state index contributed by atoms with van der Waals surface area (Å²) >= 11 is 1.40. The van der Waals surface area contributed by atoms with E-state index in [1.54, 1.807) is 4.90 Å². The fraction of sp³-hybridized carbons (Fsp3) is 0.542. The van der Waals surface area contributed by atoms with Crippen LogP contribution in [-0.2, 0) is 14.3 Å². The van der Waals surface area contributed by atoms with Crippen LogP contribution in [0.3, 0.4) is 0 Å². The molecule has 3 N–H and O–H groups in total. The van der Waals surface area contributed by atoms with Gasteiger partial charge in [0, 0.05) is 48.7 Å². The van der Waals surface area contributed by atoms with Crippen LogP contribution in [0.5, 0.6) is 0 Å². The zero-order valence-electron chi connectivity index (χ0n) is 19.0. The number of morpholine rings is 1. The van der Waals surface area contributed by atoms with Gasteiger partial charge in [0.2, 0.25) is 11.8 Å². The van der Waals surface area contributed by atoms with Crippen molar-refractivity contribution < 1.29 is 14.3 Å². The maximum absolute atomic E-state index is 13.2. The molecule has 1 aromatic carbocycles. The minimum absolute atomic E-state index is 0.0427. The normalized spacial score (nSPS) is 17.6. The van der Waals surface area contributed by atoms with Gasteiger partial charge in [0.05, 0.1) is 25.5 Å². The van der Waals surface area contributed by atoms with Crippen LogP contribution < -0.4 is 11.1 Å². The molecule has 0 atom stereocenters. The Balaban J connectivity index is 1.36. The van der Waals surface area contributed by atoms with Gasteiger partial charge in [-0.05, 0) is 25.0 Å². The monoisotopic (exact) mass is 471 g/mol. The zero-order valence-corrected chi connectivity index (χ0v) is 19.8. The van der Waals surface area contributed by atoms with Crippen molar-refractivity contribution >= 4 is 34.0 Å². The first-order chi connectivity index (χ1) is 16.1. The van der Waals surface area contributed by atoms with Crippen LogP contribution in [0.4, 0.5) is 10.8 Å². The van der Waals surface area contributed by atoms with Gasteiger partial charge in [-0.3, -0.25) is 14.5 Å². The Bertz CT molecular complexity index is 920. The molecular formula is C24H33N5O3S. The summed E-state index contributed by atoms with van der Waals surface area (Å²) < 4.78 is 5.42. The van der Waals surface area contributed by atoms with Gasteiger partial charge in [0.1, 0.15) is 0 Å². The number of hydrogen-bond donors (Lipinski definition) is 2. The van der Waals surface area contributed by atoms with E-state index >= 15 is 0 Å². The summed E-state index contributed by atoms with van der Waals surface area (Å²) in [5, 5.41) is 5.38. The quantitative estimate of drug-likeness (QED) is 0.614. The molecule has 2 aliphatic rings. The molecule has 0 spiro atoms. The van der Waals surface area contributed by atoms with E-state index in [-0.39, 0.29) is 24.3 Å². The number of amides is 2. The molecule has 1 aliphatic carbocycles. The summed E-state index contributed by atoms with van der Waals surface area (Å²) in [4.78, 5) is 34.4. The van der Waals surface area contributed by atoms with Crippen LogP contribution >= 0.6 is 11.3 Å². The fourth-order valence-corrected chi connectivity index (χ4v) is 5.05. The van der Waals surface area contributed by atoms with Crippen molar-refractivity contribution in [1.29, 1.82) is 0 Å². The highest BCUT2D eigenvalue weighted by Crippen LogP contribution is 2.26. The van der Waals surface area contributed by atoms with Crippen LogP contribution in [0.2, 0.25) is 0 Å². The zero-order chi connectivity index (χ0) is 23.0. The van der Waals surface area contributed by atoms with Gasteiger partial charge in [-0.2, -0.15) is 0 Å². The van der Waals surface area contributed by atoms with Crippen molar-refractivity contribution in [3.63, 3.8) is 0 Å². The van der Waals surface area contributed by atoms with Gasteiger partial charge < -0.3 is 20.7 Å². The lowest BCUT2D eigenvalue weighted by atomic mass is 9.88. The van der Waals surface area contributed by atoms with Crippen LogP contribution in [0.1, 0.15) is 32.1 Å². The van der Waals surface area contributed by atoms with Gasteiger partial charge >= 0.3 is 0 Å². The number of carbonyl (C=O) groups excluding carboxylic acids is 2. The molecule has 9 heteroatoms. The summed E-state index contributed by atoms with van der Waals surface area (Å²) in [7, 11) is 0. The predicted octanol–water partition coefficient (Wildman–Crippen LogP) is 3.07. The molecule has 1 aromatic heterocycles. The molecule has 2 heterocycles. The highest BCUT2D eigenvalue weighted by atomic mass is 32.1. The summed E-state index contributed by atoms with van der Waals surface area (Å²) in [6, 6.07) is 7.52. The van der Waals surface area contributed by atoms with Crippen LogP contribution in [0, 0.1) is 5.92 Å². The van der Waals surface area contributed by atoms with Crippen molar-refractivity contribution in [1.82, 2.24) is 14.8 Å². The molecule has 8 nitrogen and oxygen atoms in total. The number of anilines is 2. The number of thiazole rings is 1. The number of ether oxygens (including phenoxy) is 1. The molecule has 1 saturated heterocycles. The van der Waals surface area contributed by atoms with Gasteiger partial charge in [-0.15, -0.1) is 11.3 Å². The Hall–Kier alpha value is -2.49. The maximum atomic E-state index is 13.2. The maximum Gasteiger partial charge on any atom is 0.243 e. The lowest BCUT2D eigenvalue weighted by Crippen LogP contribution is -2.47. The number of nitrogens with zero attached hydrogens (tertiary/aromatic N) is 3. The molecule has 4 rings (SSSR count). The third-order valence-corrected chi connectivity index (χ3v) is 7.05. The first-order valence-electron chi connectivity index (χ1n) is 11.8. The second-order valence-corrected chi connectivity index (χ2v) is 9.63. The topological polar surface area (TPSA) is 101 Å². The Morgan fingerprint density at radius 2 is 1.88 bits per heavy atom. The molecule has 1 aliphatic heterocycles. The van der Waals surface area contributed by atoms with E-state index < -0.39 is 0 Å². The average Bonchev–Trinajstić information content (AvgIpc) is 3.29. The molecular weight excluding hydrogens is 438 g/mol. The molecule has 2 amide bonds. The van der Waals surface area contributed by atoms with Gasteiger partial charge in [-0.1, -0.05) is 31.4 Å². The number of benzene rings is 1. The Labute approximate surface area is 199 Å². The van der Waals surface area contributed by atoms with Crippen molar-refractivity contribution in [2.45, 2.75) is 32.1 Å². The van der Waals surface area contributed by atoms with Crippen molar-refractivity contribution in [2.75, 3.05) is 57.0 Å². The Morgan fingerprint density at radius 3 is 2.55 bits per heavy atom. The number of carbonyl (C=O) groups is 2. The molecule has 178 valence electrons. The lowest BCUT2D eigenvalue weighted by molar-refractivity contribution is -0.139. The lowest BCUT2D eigenvalue weighted by Gasteiger charge is -2.32. The highest BCUT2D eigenvalue weighted by Gasteiger charge is 2.27. The smallest absolute Gasteiger partial charge is 0.243 e. The van der Waals surface area contributed by atoms with E-state index in [1.165, 1.54) is 17.8 Å². The molecule has 2 aromatic rings. The summed E-state index contributed by atoms with van der Waals surface area (Å²) in [6.45, 7) is 4.59. The number of nitrogen functional groups attached to an aromatic ring is 1. The second-order valence-electron chi connectivity index (χ2n) is 8.75. The van der Waals surface area contributed by atoms with Crippen molar-refractivity contribution in [3.05, 3.63) is 29.6 Å². The number of hydrogen-bond acceptors (Lipinski definition) is 7. The molecule has 0 radical (unpaired) electrons. The summed E-state index contributed by atoms with van der Waals surface area (Å²) in [5.41, 5.74) is 8.18. The number of nitrogens with one attached hydrogen (secondary N) is 1. The van der Waals surface area contributed by atoms with E-state index in [4.69, 9.17) is 10.5 Å². The van der Waals surface area contributed by atoms with E-state index in [1.807, 2.05) is 29.6 Å². The largest absolute Gasteiger partial charge is 0.379 e. The van der Waals surface area contributed by atoms with E-state index in [0.29, 0.717) is 17.4 Å². The van der Waals surface area contributed by atoms with Crippen LogP contribution in [0.15, 0.2) is 29.6 Å². The molecule has 1 saturated carbocycles. The Kier molecular flexibility index (Phi) is 8.30. The summed E-state index contributed by atoms with van der Waals surface area (Å²) in [5.74, 6) is -0.0116. The fourth-order valence-electron chi connectivity index (χ4n) is 4.48. The van der Waals surface area contributed by atoms with Crippen LogP contribution in [0.25, 0.3) is 11.3 Å². The van der Waals surface area contributed by atoms with Gasteiger partial charge in [0.25, 0.3) is 0 Å². The van der Waals surface area contributed by atoms with E-state index in [9.17, 15) is 9.59 Å². The number of nitrogens with two attached hydrogens (primary N) is 1. The second kappa shape index (κ2) is 11.6. The highest BCUT2D eigenvalue weighted by molar-refractivity contribution is 7.13. The third-order valence-electron chi connectivity index (χ3n) is 6.38. The first kappa shape index (κ1) is 23.7. The SMILES string of the molecule is Nc1nc(-c2ccc(NC(=O)CN(CCN3CCOCC3)C(=O)C3CCCCC3)cc2)cs1.